The van der Waals surface area contributed by atoms with Crippen LogP contribution in [0.2, 0.25) is 10.0 Å². The highest BCUT2D eigenvalue weighted by molar-refractivity contribution is 8.18. The van der Waals surface area contributed by atoms with Crippen LogP contribution in [0.3, 0.4) is 0 Å². The Bertz CT molecular complexity index is 1480. The molecule has 0 aliphatic carbocycles. The second-order valence-corrected chi connectivity index (χ2v) is 10.5. The Morgan fingerprint density at radius 2 is 1.51 bits per heavy atom. The summed E-state index contributed by atoms with van der Waals surface area (Å²) < 4.78 is 5.94. The molecule has 0 saturated carbocycles. The first-order chi connectivity index (χ1) is 18.0. The van der Waals surface area contributed by atoms with Gasteiger partial charge in [-0.25, -0.2) is 0 Å². The van der Waals surface area contributed by atoms with Crippen molar-refractivity contribution in [1.82, 2.24) is 4.90 Å². The minimum atomic E-state index is -0.299. The Labute approximate surface area is 229 Å². The number of rotatable bonds is 8. The maximum atomic E-state index is 12.9. The zero-order valence-corrected chi connectivity index (χ0v) is 22.2. The second kappa shape index (κ2) is 11.4. The third-order valence-corrected chi connectivity index (χ3v) is 7.55. The molecule has 1 heterocycles. The van der Waals surface area contributed by atoms with Crippen molar-refractivity contribution in [3.8, 4) is 5.75 Å². The molecule has 0 aromatic heterocycles. The zero-order valence-electron chi connectivity index (χ0n) is 19.8. The van der Waals surface area contributed by atoms with E-state index in [-0.39, 0.29) is 11.1 Å². The number of fused-ring (bicyclic) bond motifs is 1. The molecule has 0 bridgehead atoms. The van der Waals surface area contributed by atoms with E-state index in [1.54, 1.807) is 18.2 Å². The van der Waals surface area contributed by atoms with Crippen LogP contribution in [0, 0.1) is 0 Å². The summed E-state index contributed by atoms with van der Waals surface area (Å²) in [5, 5.41) is 2.69. The summed E-state index contributed by atoms with van der Waals surface area (Å²) in [5.74, 6) is 0.0783. The standard InChI is InChI=1S/C30H23Cl2NO3S/c31-25-16-22(17-26(32)28(25)36-19-21-12-13-23-10-4-5-11-24(23)15-21)18-27-29(34)33(30(35)37-27)14-6-9-20-7-2-1-3-8-20/h1-5,7-8,10-13,15-18H,6,9,14,19H2/b27-18+. The summed E-state index contributed by atoms with van der Waals surface area (Å²) in [6.07, 6.45) is 3.15. The molecule has 4 aromatic carbocycles. The second-order valence-electron chi connectivity index (χ2n) is 8.71. The van der Waals surface area contributed by atoms with Crippen LogP contribution in [0.15, 0.2) is 89.8 Å². The number of hydrogen-bond donors (Lipinski definition) is 0. The molecule has 4 nitrogen and oxygen atoms in total. The average molecular weight is 548 g/mol. The Kier molecular flexibility index (Phi) is 7.85. The minimum absolute atomic E-state index is 0.267. The van der Waals surface area contributed by atoms with Crippen molar-refractivity contribution in [2.24, 2.45) is 0 Å². The van der Waals surface area contributed by atoms with Crippen molar-refractivity contribution in [2.45, 2.75) is 19.4 Å². The lowest BCUT2D eigenvalue weighted by atomic mass is 10.1. The Balaban J connectivity index is 1.24. The molecule has 0 atom stereocenters. The largest absolute Gasteiger partial charge is 0.486 e. The lowest BCUT2D eigenvalue weighted by Crippen LogP contribution is -2.29. The van der Waals surface area contributed by atoms with E-state index in [2.05, 4.69) is 24.3 Å². The zero-order chi connectivity index (χ0) is 25.8. The number of ether oxygens (including phenoxy) is 1. The van der Waals surface area contributed by atoms with Gasteiger partial charge in [0.05, 0.1) is 15.0 Å². The van der Waals surface area contributed by atoms with E-state index in [1.165, 1.54) is 10.5 Å². The normalized spacial score (nSPS) is 14.6. The number of aryl methyl sites for hydroxylation is 1. The molecule has 1 fully saturated rings. The molecule has 186 valence electrons. The van der Waals surface area contributed by atoms with Crippen molar-refractivity contribution in [3.05, 3.63) is 117 Å². The number of hydrogen-bond acceptors (Lipinski definition) is 4. The van der Waals surface area contributed by atoms with E-state index in [4.69, 9.17) is 27.9 Å². The number of nitrogens with zero attached hydrogens (tertiary/aromatic N) is 1. The van der Waals surface area contributed by atoms with Crippen LogP contribution in [0.5, 0.6) is 5.75 Å². The first-order valence-electron chi connectivity index (χ1n) is 11.9. The van der Waals surface area contributed by atoms with Gasteiger partial charge in [-0.05, 0) is 76.3 Å². The highest BCUT2D eigenvalue weighted by Gasteiger charge is 2.34. The molecule has 0 unspecified atom stereocenters. The van der Waals surface area contributed by atoms with Crippen LogP contribution in [0.25, 0.3) is 16.8 Å². The van der Waals surface area contributed by atoms with Gasteiger partial charge in [0, 0.05) is 6.54 Å². The smallest absolute Gasteiger partial charge is 0.293 e. The lowest BCUT2D eigenvalue weighted by Gasteiger charge is -2.12. The van der Waals surface area contributed by atoms with Gasteiger partial charge in [0.2, 0.25) is 0 Å². The van der Waals surface area contributed by atoms with Crippen LogP contribution in [-0.4, -0.2) is 22.6 Å². The third-order valence-electron chi connectivity index (χ3n) is 6.08. The predicted molar refractivity (Wildman–Crippen MR) is 152 cm³/mol. The third kappa shape index (κ3) is 6.02. The quantitative estimate of drug-likeness (QED) is 0.208. The Hall–Kier alpha value is -3.25. The van der Waals surface area contributed by atoms with Gasteiger partial charge in [-0.15, -0.1) is 0 Å². The molecule has 0 radical (unpaired) electrons. The molecule has 7 heteroatoms. The summed E-state index contributed by atoms with van der Waals surface area (Å²) >= 11 is 13.9. The fraction of sp³-hybridized carbons (Fsp3) is 0.133. The first kappa shape index (κ1) is 25.4. The molecule has 37 heavy (non-hydrogen) atoms. The van der Waals surface area contributed by atoms with Gasteiger partial charge in [0.15, 0.2) is 5.75 Å². The van der Waals surface area contributed by atoms with Gasteiger partial charge in [-0.3, -0.25) is 14.5 Å². The van der Waals surface area contributed by atoms with Gasteiger partial charge in [-0.1, -0.05) is 89.9 Å². The van der Waals surface area contributed by atoms with Crippen molar-refractivity contribution in [1.29, 1.82) is 0 Å². The van der Waals surface area contributed by atoms with Crippen LogP contribution in [0.1, 0.15) is 23.1 Å². The fourth-order valence-electron chi connectivity index (χ4n) is 4.21. The maximum absolute atomic E-state index is 12.9. The Morgan fingerprint density at radius 3 is 2.27 bits per heavy atom. The molecule has 5 rings (SSSR count). The lowest BCUT2D eigenvalue weighted by molar-refractivity contribution is -0.122. The van der Waals surface area contributed by atoms with Gasteiger partial charge in [-0.2, -0.15) is 0 Å². The molecule has 0 spiro atoms. The van der Waals surface area contributed by atoms with Crippen LogP contribution in [0.4, 0.5) is 4.79 Å². The van der Waals surface area contributed by atoms with Crippen LogP contribution >= 0.6 is 35.0 Å². The van der Waals surface area contributed by atoms with Crippen LogP contribution < -0.4 is 4.74 Å². The molecule has 2 amide bonds. The van der Waals surface area contributed by atoms with Crippen molar-refractivity contribution in [3.63, 3.8) is 0 Å². The Morgan fingerprint density at radius 1 is 0.811 bits per heavy atom. The van der Waals surface area contributed by atoms with E-state index in [0.717, 1.165) is 34.5 Å². The highest BCUT2D eigenvalue weighted by Crippen LogP contribution is 2.38. The van der Waals surface area contributed by atoms with E-state index in [0.29, 0.717) is 45.8 Å². The molecule has 1 saturated heterocycles. The molecular weight excluding hydrogens is 525 g/mol. The summed E-state index contributed by atoms with van der Waals surface area (Å²) in [5.41, 5.74) is 2.80. The summed E-state index contributed by atoms with van der Waals surface area (Å²) in [7, 11) is 0. The summed E-state index contributed by atoms with van der Waals surface area (Å²) in [6, 6.07) is 27.6. The fourth-order valence-corrected chi connectivity index (χ4v) is 5.69. The van der Waals surface area contributed by atoms with E-state index >= 15 is 0 Å². The monoisotopic (exact) mass is 547 g/mol. The molecule has 1 aliphatic rings. The number of carbonyl (C=O) groups excluding carboxylic acids is 2. The van der Waals surface area contributed by atoms with E-state index < -0.39 is 0 Å². The van der Waals surface area contributed by atoms with Gasteiger partial charge < -0.3 is 4.74 Å². The predicted octanol–water partition coefficient (Wildman–Crippen LogP) is 8.39. The number of carbonyl (C=O) groups is 2. The highest BCUT2D eigenvalue weighted by atomic mass is 35.5. The van der Waals surface area contributed by atoms with E-state index in [1.807, 2.05) is 48.5 Å². The van der Waals surface area contributed by atoms with Crippen molar-refractivity contribution >= 4 is 63.0 Å². The maximum Gasteiger partial charge on any atom is 0.293 e. The SMILES string of the molecule is O=C1S/C(=C/c2cc(Cl)c(OCc3ccc4ccccc4c3)c(Cl)c2)C(=O)N1CCCc1ccccc1. The number of thioether (sulfide) groups is 1. The topological polar surface area (TPSA) is 46.6 Å². The van der Waals surface area contributed by atoms with Gasteiger partial charge in [0.25, 0.3) is 11.1 Å². The summed E-state index contributed by atoms with van der Waals surface area (Å²) in [6.45, 7) is 0.686. The van der Waals surface area contributed by atoms with Gasteiger partial charge in [0.1, 0.15) is 6.61 Å². The number of amides is 2. The molecular formula is C30H23Cl2NO3S. The summed E-state index contributed by atoms with van der Waals surface area (Å²) in [4.78, 5) is 27.0. The van der Waals surface area contributed by atoms with E-state index in [9.17, 15) is 9.59 Å². The first-order valence-corrected chi connectivity index (χ1v) is 13.4. The minimum Gasteiger partial charge on any atom is -0.486 e. The van der Waals surface area contributed by atoms with Crippen molar-refractivity contribution in [2.75, 3.05) is 6.54 Å². The molecule has 4 aromatic rings. The number of imide groups is 1. The van der Waals surface area contributed by atoms with Crippen LogP contribution in [-0.2, 0) is 17.8 Å². The van der Waals surface area contributed by atoms with Gasteiger partial charge >= 0.3 is 0 Å². The molecule has 0 N–H and O–H groups in total. The number of benzene rings is 4. The number of halogens is 2. The van der Waals surface area contributed by atoms with Crippen molar-refractivity contribution < 1.29 is 14.3 Å². The molecule has 1 aliphatic heterocycles. The average Bonchev–Trinajstić information content (AvgIpc) is 3.16.